The largest absolute Gasteiger partial charge is 0.350 e. The molecule has 2 unspecified atom stereocenters. The lowest BCUT2D eigenvalue weighted by Gasteiger charge is -2.22. The molecule has 1 heterocycles. The first-order chi connectivity index (χ1) is 7.75. The standard InChI is InChI=1S/C11H17IN4/c12-8-6-14-11(15-7-8)16-10-5-3-1-2-4-9(10)13/h6-7,9-10H,1-5,13H2,(H,14,15,16). The fourth-order valence-corrected chi connectivity index (χ4v) is 2.35. The van der Waals surface area contributed by atoms with Gasteiger partial charge in [0.1, 0.15) is 0 Å². The van der Waals surface area contributed by atoms with Crippen LogP contribution in [0.25, 0.3) is 0 Å². The van der Waals surface area contributed by atoms with Crippen LogP contribution in [0.5, 0.6) is 0 Å². The van der Waals surface area contributed by atoms with Crippen molar-refractivity contribution in [3.8, 4) is 0 Å². The van der Waals surface area contributed by atoms with Crippen molar-refractivity contribution in [1.82, 2.24) is 9.97 Å². The van der Waals surface area contributed by atoms with Crippen LogP contribution in [0.4, 0.5) is 5.95 Å². The number of rotatable bonds is 2. The molecule has 4 nitrogen and oxygen atoms in total. The maximum atomic E-state index is 6.14. The van der Waals surface area contributed by atoms with E-state index in [4.69, 9.17) is 5.73 Å². The molecule has 0 aromatic carbocycles. The second-order valence-electron chi connectivity index (χ2n) is 4.28. The van der Waals surface area contributed by atoms with Gasteiger partial charge in [-0.15, -0.1) is 0 Å². The van der Waals surface area contributed by atoms with Crippen molar-refractivity contribution in [3.63, 3.8) is 0 Å². The van der Waals surface area contributed by atoms with E-state index in [1.54, 1.807) is 0 Å². The van der Waals surface area contributed by atoms with Gasteiger partial charge in [0.2, 0.25) is 5.95 Å². The van der Waals surface area contributed by atoms with Crippen molar-refractivity contribution >= 4 is 28.5 Å². The minimum atomic E-state index is 0.227. The zero-order chi connectivity index (χ0) is 11.4. The van der Waals surface area contributed by atoms with Crippen LogP contribution in [-0.4, -0.2) is 22.1 Å². The molecule has 3 N–H and O–H groups in total. The molecule has 88 valence electrons. The molecular weight excluding hydrogens is 315 g/mol. The van der Waals surface area contributed by atoms with E-state index in [-0.39, 0.29) is 6.04 Å². The van der Waals surface area contributed by atoms with E-state index in [2.05, 4.69) is 37.9 Å². The SMILES string of the molecule is NC1CCCCCC1Nc1ncc(I)cn1. The number of hydrogen-bond acceptors (Lipinski definition) is 4. The molecule has 0 saturated heterocycles. The zero-order valence-electron chi connectivity index (χ0n) is 9.19. The summed E-state index contributed by atoms with van der Waals surface area (Å²) in [5, 5.41) is 3.35. The molecule has 0 aliphatic heterocycles. The molecule has 2 rings (SSSR count). The molecular formula is C11H17IN4. The summed E-state index contributed by atoms with van der Waals surface area (Å²) in [6.45, 7) is 0. The second kappa shape index (κ2) is 5.77. The summed E-state index contributed by atoms with van der Waals surface area (Å²) < 4.78 is 1.05. The summed E-state index contributed by atoms with van der Waals surface area (Å²) in [6, 6.07) is 0.549. The molecule has 0 amide bonds. The van der Waals surface area contributed by atoms with Crippen LogP contribution in [0.15, 0.2) is 12.4 Å². The van der Waals surface area contributed by atoms with Crippen molar-refractivity contribution in [2.45, 2.75) is 44.2 Å². The van der Waals surface area contributed by atoms with E-state index in [0.717, 1.165) is 16.4 Å². The van der Waals surface area contributed by atoms with E-state index in [0.29, 0.717) is 12.0 Å². The molecule has 1 aromatic heterocycles. The van der Waals surface area contributed by atoms with E-state index in [1.807, 2.05) is 12.4 Å². The molecule has 5 heteroatoms. The third kappa shape index (κ3) is 3.28. The van der Waals surface area contributed by atoms with Crippen LogP contribution in [0.1, 0.15) is 32.1 Å². The fourth-order valence-electron chi connectivity index (χ4n) is 2.07. The van der Waals surface area contributed by atoms with Gasteiger partial charge in [-0.05, 0) is 35.4 Å². The maximum Gasteiger partial charge on any atom is 0.222 e. The number of nitrogens with one attached hydrogen (secondary N) is 1. The Hall–Kier alpha value is -0.430. The predicted molar refractivity (Wildman–Crippen MR) is 73.2 cm³/mol. The quantitative estimate of drug-likeness (QED) is 0.643. The first kappa shape index (κ1) is 12.0. The van der Waals surface area contributed by atoms with Crippen LogP contribution in [0.2, 0.25) is 0 Å². The van der Waals surface area contributed by atoms with Gasteiger partial charge in [0, 0.05) is 28.0 Å². The summed E-state index contributed by atoms with van der Waals surface area (Å²) in [7, 11) is 0. The Labute approximate surface area is 110 Å². The molecule has 0 radical (unpaired) electrons. The lowest BCUT2D eigenvalue weighted by atomic mass is 10.0. The molecule has 0 spiro atoms. The van der Waals surface area contributed by atoms with Crippen molar-refractivity contribution in [2.75, 3.05) is 5.32 Å². The Morgan fingerprint density at radius 3 is 2.62 bits per heavy atom. The highest BCUT2D eigenvalue weighted by atomic mass is 127. The summed E-state index contributed by atoms with van der Waals surface area (Å²) >= 11 is 2.20. The van der Waals surface area contributed by atoms with Gasteiger partial charge in [-0.2, -0.15) is 0 Å². The molecule has 1 aliphatic rings. The molecule has 2 atom stereocenters. The average Bonchev–Trinajstić information content (AvgIpc) is 2.48. The lowest BCUT2D eigenvalue weighted by molar-refractivity contribution is 0.525. The minimum Gasteiger partial charge on any atom is -0.350 e. The van der Waals surface area contributed by atoms with Crippen LogP contribution in [0.3, 0.4) is 0 Å². The van der Waals surface area contributed by atoms with E-state index < -0.39 is 0 Å². The molecule has 0 bridgehead atoms. The summed E-state index contributed by atoms with van der Waals surface area (Å²) in [5.74, 6) is 0.697. The van der Waals surface area contributed by atoms with E-state index in [9.17, 15) is 0 Å². The number of nitrogens with zero attached hydrogens (tertiary/aromatic N) is 2. The van der Waals surface area contributed by atoms with Gasteiger partial charge < -0.3 is 11.1 Å². The average molecular weight is 332 g/mol. The van der Waals surface area contributed by atoms with E-state index in [1.165, 1.54) is 19.3 Å². The van der Waals surface area contributed by atoms with Gasteiger partial charge in [0.15, 0.2) is 0 Å². The number of halogens is 1. The molecule has 1 saturated carbocycles. The molecule has 16 heavy (non-hydrogen) atoms. The third-order valence-electron chi connectivity index (χ3n) is 3.00. The number of aromatic nitrogens is 2. The van der Waals surface area contributed by atoms with Gasteiger partial charge >= 0.3 is 0 Å². The normalized spacial score (nSPS) is 26.1. The highest BCUT2D eigenvalue weighted by molar-refractivity contribution is 14.1. The Morgan fingerprint density at radius 2 is 1.88 bits per heavy atom. The summed E-state index contributed by atoms with van der Waals surface area (Å²) in [6.07, 6.45) is 9.64. The van der Waals surface area contributed by atoms with Crippen LogP contribution < -0.4 is 11.1 Å². The van der Waals surface area contributed by atoms with Crippen LogP contribution >= 0.6 is 22.6 Å². The Balaban J connectivity index is 1.99. The topological polar surface area (TPSA) is 63.8 Å². The highest BCUT2D eigenvalue weighted by Gasteiger charge is 2.20. The first-order valence-electron chi connectivity index (χ1n) is 5.75. The first-order valence-corrected chi connectivity index (χ1v) is 6.83. The summed E-state index contributed by atoms with van der Waals surface area (Å²) in [4.78, 5) is 8.50. The van der Waals surface area contributed by atoms with Crippen molar-refractivity contribution < 1.29 is 0 Å². The molecule has 1 aliphatic carbocycles. The third-order valence-corrected chi connectivity index (χ3v) is 3.56. The maximum absolute atomic E-state index is 6.14. The number of hydrogen-bond donors (Lipinski definition) is 2. The molecule has 1 aromatic rings. The molecule has 1 fully saturated rings. The fraction of sp³-hybridized carbons (Fsp3) is 0.636. The highest BCUT2D eigenvalue weighted by Crippen LogP contribution is 2.19. The van der Waals surface area contributed by atoms with Gasteiger partial charge in [0.05, 0.1) is 0 Å². The van der Waals surface area contributed by atoms with Crippen LogP contribution in [-0.2, 0) is 0 Å². The monoisotopic (exact) mass is 332 g/mol. The minimum absolute atomic E-state index is 0.227. The van der Waals surface area contributed by atoms with Gasteiger partial charge in [-0.1, -0.05) is 19.3 Å². The van der Waals surface area contributed by atoms with Gasteiger partial charge in [0.25, 0.3) is 0 Å². The number of anilines is 1. The van der Waals surface area contributed by atoms with Crippen molar-refractivity contribution in [1.29, 1.82) is 0 Å². The second-order valence-corrected chi connectivity index (χ2v) is 5.52. The zero-order valence-corrected chi connectivity index (χ0v) is 11.4. The Morgan fingerprint density at radius 1 is 1.19 bits per heavy atom. The Kier molecular flexibility index (Phi) is 4.34. The van der Waals surface area contributed by atoms with Crippen molar-refractivity contribution in [3.05, 3.63) is 16.0 Å². The van der Waals surface area contributed by atoms with Crippen LogP contribution in [0, 0.1) is 3.57 Å². The summed E-state index contributed by atoms with van der Waals surface area (Å²) in [5.41, 5.74) is 6.14. The van der Waals surface area contributed by atoms with Gasteiger partial charge in [-0.25, -0.2) is 9.97 Å². The van der Waals surface area contributed by atoms with Gasteiger partial charge in [-0.3, -0.25) is 0 Å². The predicted octanol–water partition coefficient (Wildman–Crippen LogP) is 2.15. The Bertz CT molecular complexity index is 327. The smallest absolute Gasteiger partial charge is 0.222 e. The van der Waals surface area contributed by atoms with Crippen molar-refractivity contribution in [2.24, 2.45) is 5.73 Å². The van der Waals surface area contributed by atoms with E-state index >= 15 is 0 Å². The number of nitrogens with two attached hydrogens (primary N) is 1. The lowest BCUT2D eigenvalue weighted by Crippen LogP contribution is -2.39.